The number of ether oxygens (including phenoxy) is 5. The number of rotatable bonds is 6. The molecule has 254 valence electrons. The van der Waals surface area contributed by atoms with Crippen molar-refractivity contribution in [2.45, 2.75) is 123 Å². The molecule has 2 unspecified atom stereocenters. The number of hydrogen-bond acceptors (Lipinski definition) is 10. The summed E-state index contributed by atoms with van der Waals surface area (Å²) in [7, 11) is 3.74. The van der Waals surface area contributed by atoms with E-state index in [-0.39, 0.29) is 37.6 Å². The molecule has 0 amide bonds. The molecule has 3 rings (SSSR count). The van der Waals surface area contributed by atoms with Crippen LogP contribution in [0.2, 0.25) is 0 Å². The largest absolute Gasteiger partial charge is 0.459 e. The quantitative estimate of drug-likeness (QED) is 0.201. The highest BCUT2D eigenvalue weighted by Gasteiger charge is 2.55. The van der Waals surface area contributed by atoms with Crippen molar-refractivity contribution >= 4 is 17.5 Å². The number of ketones is 2. The number of Topliss-reactive ketones (excluding diaryl/α,β-unsaturated/α-hetero) is 2. The molecule has 45 heavy (non-hydrogen) atoms. The molecule has 10 heteroatoms. The first kappa shape index (κ1) is 37.3. The zero-order valence-corrected chi connectivity index (χ0v) is 28.8. The SMILES string of the molecule is C#CCO[C@]1(C)C[C@@H](C)C(=O)C(C)[C@@H]2C(=C)CO[C@]2(C)[C@@H](CC)OC(=O)C(C)C(=O)[C@H](C)[C@H]1O[C@@H]1O[C@H](C)C[C@H](N(C)C)[C@H]1O. The highest BCUT2D eigenvalue weighted by atomic mass is 16.7. The van der Waals surface area contributed by atoms with Gasteiger partial charge in [-0.05, 0) is 66.6 Å². The first-order valence-electron chi connectivity index (χ1n) is 16.3. The average molecular weight is 634 g/mol. The van der Waals surface area contributed by atoms with Gasteiger partial charge < -0.3 is 33.7 Å². The molecular weight excluding hydrogens is 578 g/mol. The van der Waals surface area contributed by atoms with Crippen LogP contribution in [0.15, 0.2) is 12.2 Å². The average Bonchev–Trinajstić information content (AvgIpc) is 3.30. The van der Waals surface area contributed by atoms with E-state index in [0.717, 1.165) is 5.57 Å². The van der Waals surface area contributed by atoms with Gasteiger partial charge >= 0.3 is 5.97 Å². The van der Waals surface area contributed by atoms with Gasteiger partial charge in [-0.3, -0.25) is 14.4 Å². The molecule has 0 aliphatic carbocycles. The number of cyclic esters (lactones) is 1. The predicted molar refractivity (Wildman–Crippen MR) is 169 cm³/mol. The van der Waals surface area contributed by atoms with Gasteiger partial charge in [0.1, 0.15) is 36.1 Å². The molecule has 0 aromatic heterocycles. The van der Waals surface area contributed by atoms with E-state index in [9.17, 15) is 19.5 Å². The van der Waals surface area contributed by atoms with Crippen molar-refractivity contribution in [3.63, 3.8) is 0 Å². The summed E-state index contributed by atoms with van der Waals surface area (Å²) in [6.45, 7) is 18.6. The van der Waals surface area contributed by atoms with E-state index in [1.54, 1.807) is 13.8 Å². The molecule has 0 saturated carbocycles. The number of carbonyl (C=O) groups excluding carboxylic acids is 3. The van der Waals surface area contributed by atoms with Crippen molar-refractivity contribution in [2.75, 3.05) is 27.3 Å². The predicted octanol–water partition coefficient (Wildman–Crippen LogP) is 3.58. The number of nitrogens with zero attached hydrogens (tertiary/aromatic N) is 1. The number of aliphatic hydroxyl groups is 1. The summed E-state index contributed by atoms with van der Waals surface area (Å²) in [6.07, 6.45) is 2.64. The number of aliphatic hydroxyl groups excluding tert-OH is 1. The summed E-state index contributed by atoms with van der Waals surface area (Å²) >= 11 is 0. The fourth-order valence-electron chi connectivity index (χ4n) is 7.86. The third-order valence-electron chi connectivity index (χ3n) is 10.4. The number of esters is 1. The molecule has 0 spiro atoms. The lowest BCUT2D eigenvalue weighted by molar-refractivity contribution is -0.296. The van der Waals surface area contributed by atoms with E-state index >= 15 is 0 Å². The van der Waals surface area contributed by atoms with Gasteiger partial charge in [0.2, 0.25) is 0 Å². The van der Waals surface area contributed by atoms with Crippen LogP contribution in [0.5, 0.6) is 0 Å². The van der Waals surface area contributed by atoms with E-state index in [1.165, 1.54) is 6.92 Å². The van der Waals surface area contributed by atoms with E-state index in [1.807, 2.05) is 53.6 Å². The second-order valence-electron chi connectivity index (χ2n) is 14.1. The molecule has 1 N–H and O–H groups in total. The molecule has 0 aromatic carbocycles. The van der Waals surface area contributed by atoms with Crippen molar-refractivity contribution in [1.82, 2.24) is 4.90 Å². The first-order valence-corrected chi connectivity index (χ1v) is 16.3. The van der Waals surface area contributed by atoms with Crippen molar-refractivity contribution in [3.05, 3.63) is 12.2 Å². The molecule has 0 bridgehead atoms. The molecule has 3 fully saturated rings. The fourth-order valence-corrected chi connectivity index (χ4v) is 7.86. The maximum absolute atomic E-state index is 14.2. The van der Waals surface area contributed by atoms with Crippen LogP contribution in [0.3, 0.4) is 0 Å². The number of hydrogen-bond donors (Lipinski definition) is 1. The lowest BCUT2D eigenvalue weighted by Gasteiger charge is -2.47. The van der Waals surface area contributed by atoms with Gasteiger partial charge in [-0.1, -0.05) is 40.2 Å². The van der Waals surface area contributed by atoms with Gasteiger partial charge in [0.15, 0.2) is 12.1 Å². The van der Waals surface area contributed by atoms with Gasteiger partial charge in [0.25, 0.3) is 0 Å². The summed E-state index contributed by atoms with van der Waals surface area (Å²) in [5.41, 5.74) is -1.54. The van der Waals surface area contributed by atoms with Crippen LogP contribution in [0.1, 0.15) is 74.7 Å². The van der Waals surface area contributed by atoms with Crippen LogP contribution >= 0.6 is 0 Å². The Morgan fingerprint density at radius 2 is 1.73 bits per heavy atom. The van der Waals surface area contributed by atoms with Crippen LogP contribution < -0.4 is 0 Å². The van der Waals surface area contributed by atoms with E-state index < -0.39 is 77.1 Å². The Kier molecular flexibility index (Phi) is 12.2. The second-order valence-corrected chi connectivity index (χ2v) is 14.1. The first-order chi connectivity index (χ1) is 20.9. The molecule has 3 aliphatic rings. The lowest BCUT2D eigenvalue weighted by atomic mass is 9.69. The standard InChI is InChI=1S/C35H55NO9/c1-13-15-41-34(9)17-19(3)28(37)22(6)27-20(4)18-42-35(27,10)26(14-2)44-32(40)24(8)29(38)23(7)31(34)45-33-30(39)25(36(11)12)16-21(5)43-33/h1,19,21-27,30-31,33,39H,4,14-18H2,2-3,5-12H3/t19-,21-,22?,23+,24?,25+,26-,27+,30-,31-,33+,34-,35-/m1/s1. The van der Waals surface area contributed by atoms with E-state index in [4.69, 9.17) is 30.1 Å². The van der Waals surface area contributed by atoms with Crippen molar-refractivity contribution in [1.29, 1.82) is 0 Å². The van der Waals surface area contributed by atoms with Crippen LogP contribution in [0, 0.1) is 41.9 Å². The summed E-state index contributed by atoms with van der Waals surface area (Å²) in [5, 5.41) is 11.3. The minimum Gasteiger partial charge on any atom is -0.459 e. The number of carbonyl (C=O) groups is 3. The Morgan fingerprint density at radius 3 is 2.31 bits per heavy atom. The lowest BCUT2D eigenvalue weighted by Crippen LogP contribution is -2.59. The van der Waals surface area contributed by atoms with Crippen LogP contribution in [0.25, 0.3) is 0 Å². The Labute approximate surface area is 269 Å². The fraction of sp³-hybridized carbons (Fsp3) is 0.800. The second kappa shape index (κ2) is 14.7. The molecule has 10 nitrogen and oxygen atoms in total. The monoisotopic (exact) mass is 633 g/mol. The summed E-state index contributed by atoms with van der Waals surface area (Å²) in [6, 6.07) is -0.265. The van der Waals surface area contributed by atoms with Crippen molar-refractivity contribution < 1.29 is 43.2 Å². The third-order valence-corrected chi connectivity index (χ3v) is 10.4. The van der Waals surface area contributed by atoms with Gasteiger partial charge in [-0.25, -0.2) is 0 Å². The number of likely N-dealkylation sites (N-methyl/N-ethyl adjacent to an activating group) is 1. The molecule has 3 saturated heterocycles. The Balaban J connectivity index is 2.15. The van der Waals surface area contributed by atoms with E-state index in [0.29, 0.717) is 12.8 Å². The van der Waals surface area contributed by atoms with Gasteiger partial charge in [0.05, 0.1) is 24.4 Å². The zero-order chi connectivity index (χ0) is 34.0. The molecule has 3 aliphatic heterocycles. The molecule has 0 aromatic rings. The summed E-state index contributed by atoms with van der Waals surface area (Å²) in [4.78, 5) is 43.8. The highest BCUT2D eigenvalue weighted by Crippen LogP contribution is 2.46. The van der Waals surface area contributed by atoms with Gasteiger partial charge in [0, 0.05) is 29.7 Å². The molecular formula is C35H55NO9. The smallest absolute Gasteiger partial charge is 0.316 e. The minimum atomic E-state index is -1.29. The Morgan fingerprint density at radius 1 is 1.09 bits per heavy atom. The highest BCUT2D eigenvalue weighted by molar-refractivity contribution is 6.00. The van der Waals surface area contributed by atoms with Crippen LogP contribution in [-0.2, 0) is 38.1 Å². The van der Waals surface area contributed by atoms with E-state index in [2.05, 4.69) is 12.5 Å². The topological polar surface area (TPSA) is 121 Å². The zero-order valence-electron chi connectivity index (χ0n) is 28.8. The Bertz CT molecular complexity index is 1150. The van der Waals surface area contributed by atoms with Crippen molar-refractivity contribution in [3.8, 4) is 12.3 Å². The maximum atomic E-state index is 14.2. The van der Waals surface area contributed by atoms with Gasteiger partial charge in [-0.15, -0.1) is 6.42 Å². The number of fused-ring (bicyclic) bond motifs is 1. The number of terminal acetylenes is 1. The third kappa shape index (κ3) is 7.55. The molecule has 3 heterocycles. The van der Waals surface area contributed by atoms with Crippen LogP contribution in [-0.4, -0.2) is 103 Å². The maximum Gasteiger partial charge on any atom is 0.316 e. The summed E-state index contributed by atoms with van der Waals surface area (Å²) in [5.74, 6) is -2.24. The van der Waals surface area contributed by atoms with Crippen molar-refractivity contribution in [2.24, 2.45) is 29.6 Å². The minimum absolute atomic E-state index is 0.0482. The summed E-state index contributed by atoms with van der Waals surface area (Å²) < 4.78 is 31.2. The molecule has 13 atom stereocenters. The molecule has 0 radical (unpaired) electrons. The normalized spacial score (nSPS) is 43.8. The Hall–Kier alpha value is -2.13. The van der Waals surface area contributed by atoms with Crippen LogP contribution in [0.4, 0.5) is 0 Å². The van der Waals surface area contributed by atoms with Gasteiger partial charge in [-0.2, -0.15) is 0 Å².